The van der Waals surface area contributed by atoms with E-state index in [0.717, 1.165) is 54.0 Å². The SMILES string of the molecule is CSc1nccc(N2CCC(N(C)Cc3ccc(Cl)cc3Cl)CC2)n1. The van der Waals surface area contributed by atoms with Crippen molar-refractivity contribution in [3.05, 3.63) is 46.1 Å². The number of aromatic nitrogens is 2. The van der Waals surface area contributed by atoms with Crippen LogP contribution in [0.15, 0.2) is 35.6 Å². The van der Waals surface area contributed by atoms with Gasteiger partial charge in [-0.25, -0.2) is 9.97 Å². The number of piperidine rings is 1. The summed E-state index contributed by atoms with van der Waals surface area (Å²) in [7, 11) is 2.17. The van der Waals surface area contributed by atoms with E-state index in [1.165, 1.54) is 0 Å². The monoisotopic (exact) mass is 396 g/mol. The third-order valence-electron chi connectivity index (χ3n) is 4.65. The van der Waals surface area contributed by atoms with Crippen LogP contribution in [0.4, 0.5) is 5.82 Å². The first kappa shape index (κ1) is 18.8. The van der Waals surface area contributed by atoms with Gasteiger partial charge in [0.2, 0.25) is 0 Å². The summed E-state index contributed by atoms with van der Waals surface area (Å²) in [6, 6.07) is 8.27. The van der Waals surface area contributed by atoms with E-state index in [2.05, 4.69) is 26.8 Å². The van der Waals surface area contributed by atoms with E-state index in [9.17, 15) is 0 Å². The van der Waals surface area contributed by atoms with Crippen LogP contribution in [-0.4, -0.2) is 47.3 Å². The van der Waals surface area contributed by atoms with Crippen LogP contribution in [0.5, 0.6) is 0 Å². The van der Waals surface area contributed by atoms with E-state index in [1.807, 2.05) is 36.7 Å². The second-order valence-corrected chi connectivity index (χ2v) is 7.89. The van der Waals surface area contributed by atoms with Crippen molar-refractivity contribution in [2.24, 2.45) is 0 Å². The molecule has 1 saturated heterocycles. The lowest BCUT2D eigenvalue weighted by Gasteiger charge is -2.37. The molecule has 0 bridgehead atoms. The van der Waals surface area contributed by atoms with Crippen LogP contribution in [0.1, 0.15) is 18.4 Å². The molecule has 0 saturated carbocycles. The molecule has 0 N–H and O–H groups in total. The largest absolute Gasteiger partial charge is 0.356 e. The van der Waals surface area contributed by atoms with Gasteiger partial charge in [0, 0.05) is 41.9 Å². The molecular weight excluding hydrogens is 375 g/mol. The molecule has 7 heteroatoms. The van der Waals surface area contributed by atoms with Gasteiger partial charge in [0.1, 0.15) is 5.82 Å². The molecule has 0 spiro atoms. The molecular formula is C18H22Cl2N4S. The van der Waals surface area contributed by atoms with Crippen molar-refractivity contribution in [3.63, 3.8) is 0 Å². The minimum absolute atomic E-state index is 0.546. The third-order valence-corrected chi connectivity index (χ3v) is 5.80. The van der Waals surface area contributed by atoms with Crippen molar-refractivity contribution in [2.45, 2.75) is 30.6 Å². The van der Waals surface area contributed by atoms with Gasteiger partial charge in [-0.15, -0.1) is 0 Å². The zero-order valence-corrected chi connectivity index (χ0v) is 16.8. The highest BCUT2D eigenvalue weighted by molar-refractivity contribution is 7.98. The molecule has 0 amide bonds. The number of hydrogen-bond donors (Lipinski definition) is 0. The summed E-state index contributed by atoms with van der Waals surface area (Å²) >= 11 is 13.9. The van der Waals surface area contributed by atoms with Crippen LogP contribution >= 0.6 is 35.0 Å². The van der Waals surface area contributed by atoms with E-state index in [0.29, 0.717) is 11.1 Å². The van der Waals surface area contributed by atoms with Gasteiger partial charge in [0.25, 0.3) is 0 Å². The number of benzene rings is 1. The summed E-state index contributed by atoms with van der Waals surface area (Å²) in [5.41, 5.74) is 1.12. The fraction of sp³-hybridized carbons (Fsp3) is 0.444. The van der Waals surface area contributed by atoms with Crippen LogP contribution in [0, 0.1) is 0 Å². The molecule has 25 heavy (non-hydrogen) atoms. The van der Waals surface area contributed by atoms with Crippen LogP contribution in [0.3, 0.4) is 0 Å². The zero-order valence-electron chi connectivity index (χ0n) is 14.5. The Balaban J connectivity index is 1.57. The Morgan fingerprint density at radius 3 is 2.68 bits per heavy atom. The van der Waals surface area contributed by atoms with Gasteiger partial charge >= 0.3 is 0 Å². The van der Waals surface area contributed by atoms with Gasteiger partial charge < -0.3 is 4.90 Å². The maximum atomic E-state index is 6.31. The number of nitrogens with zero attached hydrogens (tertiary/aromatic N) is 4. The fourth-order valence-corrected chi connectivity index (χ4v) is 4.01. The minimum atomic E-state index is 0.546. The van der Waals surface area contributed by atoms with Gasteiger partial charge in [-0.05, 0) is 49.9 Å². The van der Waals surface area contributed by atoms with Crippen molar-refractivity contribution < 1.29 is 0 Å². The maximum absolute atomic E-state index is 6.31. The van der Waals surface area contributed by atoms with Crippen molar-refractivity contribution in [1.82, 2.24) is 14.9 Å². The number of halogens is 2. The second-order valence-electron chi connectivity index (χ2n) is 6.27. The Kier molecular flexibility index (Phi) is 6.44. The second kappa shape index (κ2) is 8.58. The molecule has 1 aromatic carbocycles. The lowest BCUT2D eigenvalue weighted by Crippen LogP contribution is -2.43. The highest BCUT2D eigenvalue weighted by atomic mass is 35.5. The molecule has 0 atom stereocenters. The van der Waals surface area contributed by atoms with Gasteiger partial charge in [-0.1, -0.05) is 41.0 Å². The quantitative estimate of drug-likeness (QED) is 0.544. The van der Waals surface area contributed by atoms with Crippen molar-refractivity contribution in [1.29, 1.82) is 0 Å². The van der Waals surface area contributed by atoms with Crippen LogP contribution < -0.4 is 4.90 Å². The molecule has 2 aromatic rings. The average Bonchev–Trinajstić information content (AvgIpc) is 2.64. The summed E-state index contributed by atoms with van der Waals surface area (Å²) in [6.45, 7) is 2.85. The molecule has 2 heterocycles. The molecule has 0 unspecified atom stereocenters. The summed E-state index contributed by atoms with van der Waals surface area (Å²) in [4.78, 5) is 13.6. The smallest absolute Gasteiger partial charge is 0.189 e. The Bertz CT molecular complexity index is 720. The number of thioether (sulfide) groups is 1. The Hall–Kier alpha value is -1.01. The van der Waals surface area contributed by atoms with Crippen LogP contribution in [-0.2, 0) is 6.54 Å². The zero-order chi connectivity index (χ0) is 17.8. The van der Waals surface area contributed by atoms with Crippen LogP contribution in [0.2, 0.25) is 10.0 Å². The van der Waals surface area contributed by atoms with Gasteiger partial charge in [-0.2, -0.15) is 0 Å². The molecule has 4 nitrogen and oxygen atoms in total. The van der Waals surface area contributed by atoms with Gasteiger partial charge in [0.05, 0.1) is 0 Å². The summed E-state index contributed by atoms with van der Waals surface area (Å²) in [5, 5.41) is 2.25. The average molecular weight is 397 g/mol. The minimum Gasteiger partial charge on any atom is -0.356 e. The van der Waals surface area contributed by atoms with E-state index in [4.69, 9.17) is 23.2 Å². The lowest BCUT2D eigenvalue weighted by molar-refractivity contribution is 0.200. The Morgan fingerprint density at radius 2 is 2.00 bits per heavy atom. The molecule has 1 aliphatic rings. The van der Waals surface area contributed by atoms with Crippen molar-refractivity contribution in [3.8, 4) is 0 Å². The first-order valence-corrected chi connectivity index (χ1v) is 10.3. The topological polar surface area (TPSA) is 32.3 Å². The third kappa shape index (κ3) is 4.79. The van der Waals surface area contributed by atoms with Crippen molar-refractivity contribution in [2.75, 3.05) is 31.3 Å². The van der Waals surface area contributed by atoms with E-state index < -0.39 is 0 Å². The predicted molar refractivity (Wildman–Crippen MR) is 107 cm³/mol. The predicted octanol–water partition coefficient (Wildman–Crippen LogP) is 4.61. The standard InChI is InChI=1S/C18H22Cl2N4S/c1-23(12-13-3-4-14(19)11-16(13)20)15-6-9-24(10-7-15)17-5-8-21-18(22-17)25-2/h3-5,8,11,15H,6-7,9-10,12H2,1-2H3. The molecule has 3 rings (SSSR count). The lowest BCUT2D eigenvalue weighted by atomic mass is 10.0. The summed E-state index contributed by atoms with van der Waals surface area (Å²) in [5.74, 6) is 1.03. The maximum Gasteiger partial charge on any atom is 0.189 e. The summed E-state index contributed by atoms with van der Waals surface area (Å²) in [6.07, 6.45) is 6.07. The molecule has 134 valence electrons. The highest BCUT2D eigenvalue weighted by Gasteiger charge is 2.23. The molecule has 0 radical (unpaired) electrons. The van der Waals surface area contributed by atoms with Crippen molar-refractivity contribution >= 4 is 40.8 Å². The molecule has 1 fully saturated rings. The van der Waals surface area contributed by atoms with Gasteiger partial charge in [-0.3, -0.25) is 4.90 Å². The van der Waals surface area contributed by atoms with E-state index >= 15 is 0 Å². The Labute approximate surface area is 163 Å². The first-order valence-electron chi connectivity index (χ1n) is 8.33. The molecule has 1 aromatic heterocycles. The number of rotatable bonds is 5. The summed E-state index contributed by atoms with van der Waals surface area (Å²) < 4.78 is 0. The Morgan fingerprint density at radius 1 is 1.24 bits per heavy atom. The molecule has 0 aliphatic carbocycles. The van der Waals surface area contributed by atoms with Crippen LogP contribution in [0.25, 0.3) is 0 Å². The fourth-order valence-electron chi connectivity index (χ4n) is 3.19. The number of hydrogen-bond acceptors (Lipinski definition) is 5. The highest BCUT2D eigenvalue weighted by Crippen LogP contribution is 2.26. The van der Waals surface area contributed by atoms with E-state index in [1.54, 1.807) is 11.8 Å². The number of anilines is 1. The first-order chi connectivity index (χ1) is 12.1. The van der Waals surface area contributed by atoms with E-state index in [-0.39, 0.29) is 0 Å². The normalized spacial score (nSPS) is 15.8. The molecule has 1 aliphatic heterocycles. The van der Waals surface area contributed by atoms with Gasteiger partial charge in [0.15, 0.2) is 5.16 Å².